The van der Waals surface area contributed by atoms with Crippen molar-refractivity contribution in [2.45, 2.75) is 25.4 Å². The molecule has 5 heteroatoms. The van der Waals surface area contributed by atoms with Crippen LogP contribution in [0.4, 0.5) is 4.39 Å². The number of hydrogen-bond acceptors (Lipinski definition) is 2. The molecular formula is C13H15BrFNO2. The SMILES string of the molecule is O=C(NCC1CCCC1O)c1cccc(Br)c1F. The first-order chi connectivity index (χ1) is 8.59. The average Bonchev–Trinajstić information content (AvgIpc) is 2.75. The third-order valence-electron chi connectivity index (χ3n) is 3.34. The van der Waals surface area contributed by atoms with E-state index in [4.69, 9.17) is 0 Å². The highest BCUT2D eigenvalue weighted by atomic mass is 79.9. The van der Waals surface area contributed by atoms with Crippen molar-refractivity contribution < 1.29 is 14.3 Å². The smallest absolute Gasteiger partial charge is 0.254 e. The van der Waals surface area contributed by atoms with E-state index in [0.29, 0.717) is 6.54 Å². The van der Waals surface area contributed by atoms with Crippen LogP contribution in [0.2, 0.25) is 0 Å². The summed E-state index contributed by atoms with van der Waals surface area (Å²) in [5.74, 6) is -0.904. The molecule has 0 aromatic heterocycles. The molecule has 0 bridgehead atoms. The van der Waals surface area contributed by atoms with E-state index in [9.17, 15) is 14.3 Å². The lowest BCUT2D eigenvalue weighted by atomic mass is 10.1. The first kappa shape index (κ1) is 13.5. The van der Waals surface area contributed by atoms with Crippen molar-refractivity contribution in [1.82, 2.24) is 5.32 Å². The van der Waals surface area contributed by atoms with E-state index in [1.165, 1.54) is 6.07 Å². The molecule has 18 heavy (non-hydrogen) atoms. The summed E-state index contributed by atoms with van der Waals surface area (Å²) in [5.41, 5.74) is 0.0249. The fourth-order valence-electron chi connectivity index (χ4n) is 2.25. The van der Waals surface area contributed by atoms with Crippen LogP contribution in [-0.2, 0) is 0 Å². The summed E-state index contributed by atoms with van der Waals surface area (Å²) in [7, 11) is 0. The zero-order chi connectivity index (χ0) is 13.1. The van der Waals surface area contributed by atoms with Crippen molar-refractivity contribution in [3.8, 4) is 0 Å². The summed E-state index contributed by atoms with van der Waals surface area (Å²) in [6.45, 7) is 0.395. The maximum Gasteiger partial charge on any atom is 0.254 e. The Bertz CT molecular complexity index is 453. The first-order valence-electron chi connectivity index (χ1n) is 6.00. The number of nitrogens with one attached hydrogen (secondary N) is 1. The van der Waals surface area contributed by atoms with Crippen molar-refractivity contribution in [3.05, 3.63) is 34.1 Å². The van der Waals surface area contributed by atoms with E-state index in [2.05, 4.69) is 21.2 Å². The molecule has 3 nitrogen and oxygen atoms in total. The molecule has 98 valence electrons. The molecule has 0 heterocycles. The monoisotopic (exact) mass is 315 g/mol. The van der Waals surface area contributed by atoms with Gasteiger partial charge in [0.2, 0.25) is 0 Å². The molecule has 2 unspecified atom stereocenters. The van der Waals surface area contributed by atoms with Crippen LogP contribution in [0.5, 0.6) is 0 Å². The molecule has 2 atom stereocenters. The fraction of sp³-hybridized carbons (Fsp3) is 0.462. The van der Waals surface area contributed by atoms with Crippen LogP contribution in [0.3, 0.4) is 0 Å². The Balaban J connectivity index is 1.97. The predicted octanol–water partition coefficient (Wildman–Crippen LogP) is 2.48. The first-order valence-corrected chi connectivity index (χ1v) is 6.79. The third kappa shape index (κ3) is 2.90. The summed E-state index contributed by atoms with van der Waals surface area (Å²) in [4.78, 5) is 11.8. The lowest BCUT2D eigenvalue weighted by molar-refractivity contribution is 0.0913. The molecule has 1 saturated carbocycles. The van der Waals surface area contributed by atoms with Crippen LogP contribution >= 0.6 is 15.9 Å². The Morgan fingerprint density at radius 1 is 1.50 bits per heavy atom. The lowest BCUT2D eigenvalue weighted by Gasteiger charge is -2.15. The van der Waals surface area contributed by atoms with E-state index in [1.54, 1.807) is 12.1 Å². The molecule has 0 radical (unpaired) electrons. The zero-order valence-corrected chi connectivity index (χ0v) is 11.4. The Morgan fingerprint density at radius 2 is 2.28 bits per heavy atom. The normalized spacial score (nSPS) is 23.1. The van der Waals surface area contributed by atoms with Crippen molar-refractivity contribution in [2.24, 2.45) is 5.92 Å². The van der Waals surface area contributed by atoms with Gasteiger partial charge in [-0.05, 0) is 40.9 Å². The van der Waals surface area contributed by atoms with Gasteiger partial charge in [0.1, 0.15) is 5.82 Å². The van der Waals surface area contributed by atoms with Gasteiger partial charge in [0.25, 0.3) is 5.91 Å². The van der Waals surface area contributed by atoms with E-state index in [1.807, 2.05) is 0 Å². The zero-order valence-electron chi connectivity index (χ0n) is 9.83. The molecule has 2 N–H and O–H groups in total. The number of hydrogen-bond donors (Lipinski definition) is 2. The minimum absolute atomic E-state index is 0.0249. The van der Waals surface area contributed by atoms with Gasteiger partial charge in [-0.25, -0.2) is 4.39 Å². The van der Waals surface area contributed by atoms with Crippen molar-refractivity contribution >= 4 is 21.8 Å². The van der Waals surface area contributed by atoms with Gasteiger partial charge in [-0.3, -0.25) is 4.79 Å². The topological polar surface area (TPSA) is 49.3 Å². The number of amides is 1. The van der Waals surface area contributed by atoms with Gasteiger partial charge >= 0.3 is 0 Å². The Kier molecular flexibility index (Phi) is 4.35. The molecule has 2 rings (SSSR count). The second-order valence-corrected chi connectivity index (χ2v) is 5.42. The number of halogens is 2. The standard InChI is InChI=1S/C13H15BrFNO2/c14-10-5-2-4-9(12(10)15)13(18)16-7-8-3-1-6-11(8)17/h2,4-5,8,11,17H,1,3,6-7H2,(H,16,18). The van der Waals surface area contributed by atoms with Crippen molar-refractivity contribution in [3.63, 3.8) is 0 Å². The molecule has 1 aromatic carbocycles. The molecule has 0 aliphatic heterocycles. The van der Waals surface area contributed by atoms with Crippen molar-refractivity contribution in [1.29, 1.82) is 0 Å². The fourth-order valence-corrected chi connectivity index (χ4v) is 2.62. The minimum Gasteiger partial charge on any atom is -0.393 e. The highest BCUT2D eigenvalue weighted by molar-refractivity contribution is 9.10. The quantitative estimate of drug-likeness (QED) is 0.900. The number of benzene rings is 1. The predicted molar refractivity (Wildman–Crippen MR) is 69.8 cm³/mol. The molecular weight excluding hydrogens is 301 g/mol. The summed E-state index contributed by atoms with van der Waals surface area (Å²) in [6, 6.07) is 4.61. The van der Waals surface area contributed by atoms with Crippen LogP contribution in [0.25, 0.3) is 0 Å². The van der Waals surface area contributed by atoms with Crippen molar-refractivity contribution in [2.75, 3.05) is 6.54 Å². The number of aliphatic hydroxyl groups is 1. The van der Waals surface area contributed by atoms with Gasteiger partial charge in [-0.1, -0.05) is 12.5 Å². The van der Waals surface area contributed by atoms with Gasteiger partial charge < -0.3 is 10.4 Å². The van der Waals surface area contributed by atoms with Crippen LogP contribution in [0.15, 0.2) is 22.7 Å². The van der Waals surface area contributed by atoms with Gasteiger partial charge in [-0.2, -0.15) is 0 Å². The van der Waals surface area contributed by atoms with E-state index in [0.717, 1.165) is 19.3 Å². The molecule has 1 fully saturated rings. The number of carbonyl (C=O) groups excluding carboxylic acids is 1. The van der Waals surface area contributed by atoms with Crippen LogP contribution in [0, 0.1) is 11.7 Å². The minimum atomic E-state index is -0.554. The molecule has 0 saturated heterocycles. The number of rotatable bonds is 3. The molecule has 0 spiro atoms. The third-order valence-corrected chi connectivity index (χ3v) is 3.95. The second kappa shape index (κ2) is 5.80. The molecule has 1 aliphatic carbocycles. The number of aliphatic hydroxyl groups excluding tert-OH is 1. The number of carbonyl (C=O) groups is 1. The van der Waals surface area contributed by atoms with Gasteiger partial charge in [0, 0.05) is 12.5 Å². The Labute approximate surface area is 114 Å². The summed E-state index contributed by atoms with van der Waals surface area (Å²) < 4.78 is 13.9. The molecule has 1 aliphatic rings. The van der Waals surface area contributed by atoms with Crippen LogP contribution < -0.4 is 5.32 Å². The average molecular weight is 316 g/mol. The van der Waals surface area contributed by atoms with E-state index >= 15 is 0 Å². The largest absolute Gasteiger partial charge is 0.393 e. The Hall–Kier alpha value is -0.940. The summed E-state index contributed by atoms with van der Waals surface area (Å²) in [6.07, 6.45) is 2.32. The van der Waals surface area contributed by atoms with Gasteiger partial charge in [-0.15, -0.1) is 0 Å². The van der Waals surface area contributed by atoms with E-state index in [-0.39, 0.29) is 22.1 Å². The van der Waals surface area contributed by atoms with Crippen LogP contribution in [-0.4, -0.2) is 23.7 Å². The van der Waals surface area contributed by atoms with Crippen LogP contribution in [0.1, 0.15) is 29.6 Å². The van der Waals surface area contributed by atoms with E-state index < -0.39 is 11.7 Å². The summed E-state index contributed by atoms with van der Waals surface area (Å²) >= 11 is 3.05. The molecule has 1 aromatic rings. The molecule has 1 amide bonds. The highest BCUT2D eigenvalue weighted by Gasteiger charge is 2.25. The maximum absolute atomic E-state index is 13.7. The summed E-state index contributed by atoms with van der Waals surface area (Å²) in [5, 5.41) is 12.3. The Morgan fingerprint density at radius 3 is 2.94 bits per heavy atom. The van der Waals surface area contributed by atoms with Gasteiger partial charge in [0.05, 0.1) is 16.1 Å². The van der Waals surface area contributed by atoms with Gasteiger partial charge in [0.15, 0.2) is 0 Å². The maximum atomic E-state index is 13.7. The highest BCUT2D eigenvalue weighted by Crippen LogP contribution is 2.25. The second-order valence-electron chi connectivity index (χ2n) is 4.57. The lowest BCUT2D eigenvalue weighted by Crippen LogP contribution is -2.32.